The summed E-state index contributed by atoms with van der Waals surface area (Å²) >= 11 is 7.02. The minimum atomic E-state index is -0.743. The van der Waals surface area contributed by atoms with Crippen molar-refractivity contribution in [2.24, 2.45) is 0 Å². The quantitative estimate of drug-likeness (QED) is 0.429. The highest BCUT2D eigenvalue weighted by atomic mass is 79.9. The molecule has 0 spiro atoms. The van der Waals surface area contributed by atoms with Crippen molar-refractivity contribution in [3.05, 3.63) is 24.3 Å². The predicted molar refractivity (Wildman–Crippen MR) is 74.0 cm³/mol. The van der Waals surface area contributed by atoms with Crippen LogP contribution in [-0.4, -0.2) is 21.2 Å². The lowest BCUT2D eigenvalue weighted by molar-refractivity contribution is -0.208. The van der Waals surface area contributed by atoms with Crippen molar-refractivity contribution >= 4 is 31.9 Å². The Bertz CT molecular complexity index is 265. The molecule has 0 aromatic carbocycles. The molecule has 2 nitrogen and oxygen atoms in total. The number of ether oxygens (including phenoxy) is 2. The molecule has 0 saturated heterocycles. The number of halogens is 2. The largest absolute Gasteiger partial charge is 0.340 e. The molecule has 0 radical (unpaired) electrons. The van der Waals surface area contributed by atoms with Crippen LogP contribution in [0.1, 0.15) is 27.7 Å². The third kappa shape index (κ3) is 4.32. The first-order chi connectivity index (χ1) is 7.25. The van der Waals surface area contributed by atoms with Gasteiger partial charge in [-0.1, -0.05) is 44.0 Å². The highest BCUT2D eigenvalue weighted by Crippen LogP contribution is 2.37. The van der Waals surface area contributed by atoms with Crippen LogP contribution in [0.5, 0.6) is 0 Å². The molecule has 0 amide bonds. The van der Waals surface area contributed by atoms with Gasteiger partial charge in [0.1, 0.15) is 3.23 Å². The van der Waals surface area contributed by atoms with Crippen molar-refractivity contribution in [2.75, 3.05) is 0 Å². The van der Waals surface area contributed by atoms with Crippen molar-refractivity contribution in [3.63, 3.8) is 0 Å². The van der Waals surface area contributed by atoms with E-state index in [9.17, 15) is 0 Å². The maximum atomic E-state index is 5.85. The Morgan fingerprint density at radius 1 is 0.812 bits per heavy atom. The summed E-state index contributed by atoms with van der Waals surface area (Å²) in [7, 11) is 0. The van der Waals surface area contributed by atoms with Crippen molar-refractivity contribution in [1.82, 2.24) is 0 Å². The average molecular weight is 354 g/mol. The Hall–Kier alpha value is 0.360. The molecule has 4 heteroatoms. The first kappa shape index (κ1) is 14.4. The summed E-state index contributed by atoms with van der Waals surface area (Å²) in [4.78, 5) is 0. The lowest BCUT2D eigenvalue weighted by Gasteiger charge is -2.35. The Kier molecular flexibility index (Phi) is 4.81. The predicted octanol–water partition coefficient (Wildman–Crippen LogP) is 4.14. The van der Waals surface area contributed by atoms with Crippen molar-refractivity contribution in [1.29, 1.82) is 0 Å². The van der Waals surface area contributed by atoms with E-state index < -0.39 is 5.79 Å². The minimum Gasteiger partial charge on any atom is -0.340 e. The lowest BCUT2D eigenvalue weighted by atomic mass is 10.1. The van der Waals surface area contributed by atoms with Gasteiger partial charge in [-0.25, -0.2) is 0 Å². The van der Waals surface area contributed by atoms with E-state index in [-0.39, 0.29) is 15.4 Å². The second-order valence-corrected chi connectivity index (χ2v) is 8.08. The highest BCUT2D eigenvalue weighted by Gasteiger charge is 2.34. The van der Waals surface area contributed by atoms with Crippen LogP contribution in [0.15, 0.2) is 24.3 Å². The van der Waals surface area contributed by atoms with Crippen molar-refractivity contribution in [2.45, 2.75) is 48.9 Å². The third-order valence-electron chi connectivity index (χ3n) is 1.92. The molecule has 0 heterocycles. The van der Waals surface area contributed by atoms with Crippen LogP contribution >= 0.6 is 31.9 Å². The minimum absolute atomic E-state index is 0.103. The van der Waals surface area contributed by atoms with E-state index in [1.807, 2.05) is 52.0 Å². The fourth-order valence-corrected chi connectivity index (χ4v) is 2.02. The zero-order valence-corrected chi connectivity index (χ0v) is 13.2. The van der Waals surface area contributed by atoms with Crippen LogP contribution in [0.25, 0.3) is 0 Å². The van der Waals surface area contributed by atoms with Gasteiger partial charge in [0, 0.05) is 0 Å². The molecule has 0 atom stereocenters. The highest BCUT2D eigenvalue weighted by molar-refractivity contribution is 9.25. The summed E-state index contributed by atoms with van der Waals surface area (Å²) < 4.78 is 11.4. The molecule has 0 aromatic heterocycles. The second kappa shape index (κ2) is 5.34. The van der Waals surface area contributed by atoms with E-state index >= 15 is 0 Å². The first-order valence-corrected chi connectivity index (χ1v) is 6.97. The Labute approximate surface area is 114 Å². The third-order valence-corrected chi connectivity index (χ3v) is 2.97. The Morgan fingerprint density at radius 2 is 1.19 bits per heavy atom. The molecule has 0 bridgehead atoms. The molecule has 0 unspecified atom stereocenters. The van der Waals surface area contributed by atoms with Gasteiger partial charge in [0.05, 0.1) is 12.2 Å². The number of rotatable bonds is 4. The van der Waals surface area contributed by atoms with Crippen LogP contribution in [0.3, 0.4) is 0 Å². The summed E-state index contributed by atoms with van der Waals surface area (Å²) in [5.41, 5.74) is 0. The fraction of sp³-hybridized carbons (Fsp3) is 0.667. The van der Waals surface area contributed by atoms with Gasteiger partial charge in [-0.3, -0.25) is 0 Å². The van der Waals surface area contributed by atoms with E-state index in [1.165, 1.54) is 0 Å². The summed E-state index contributed by atoms with van der Waals surface area (Å²) in [6, 6.07) is 0. The Balaban J connectivity index is 2.86. The van der Waals surface area contributed by atoms with Gasteiger partial charge in [0.25, 0.3) is 0 Å². The van der Waals surface area contributed by atoms with Crippen molar-refractivity contribution in [3.8, 4) is 0 Å². The average Bonchev–Trinajstić information content (AvgIpc) is 2.09. The maximum absolute atomic E-state index is 5.85. The molecule has 0 N–H and O–H groups in total. The molecular weight excluding hydrogens is 336 g/mol. The molecular formula is C12H18Br2O2. The van der Waals surface area contributed by atoms with Crippen LogP contribution in [0.4, 0.5) is 0 Å². The van der Waals surface area contributed by atoms with Gasteiger partial charge in [0.2, 0.25) is 5.79 Å². The molecule has 0 fully saturated rings. The van der Waals surface area contributed by atoms with Gasteiger partial charge in [-0.15, -0.1) is 0 Å². The standard InChI is InChI=1S/C12H18Br2O2/c1-9(2)15-12(16-10(3)4)7-5-11(13,14)6-8-12/h5-10H,1-4H3. The number of hydrogen-bond donors (Lipinski definition) is 0. The van der Waals surface area contributed by atoms with Gasteiger partial charge >= 0.3 is 0 Å². The van der Waals surface area contributed by atoms with E-state index in [0.717, 1.165) is 0 Å². The summed E-state index contributed by atoms with van der Waals surface area (Å²) in [5, 5.41) is 0. The van der Waals surface area contributed by atoms with Crippen LogP contribution in [0, 0.1) is 0 Å². The maximum Gasteiger partial charge on any atom is 0.208 e. The van der Waals surface area contributed by atoms with Gasteiger partial charge < -0.3 is 9.47 Å². The van der Waals surface area contributed by atoms with Crippen LogP contribution < -0.4 is 0 Å². The van der Waals surface area contributed by atoms with E-state index in [2.05, 4.69) is 31.9 Å². The normalized spacial score (nSPS) is 22.0. The fourth-order valence-electron chi connectivity index (χ4n) is 1.49. The van der Waals surface area contributed by atoms with Crippen LogP contribution in [0.2, 0.25) is 0 Å². The van der Waals surface area contributed by atoms with Gasteiger partial charge in [-0.2, -0.15) is 0 Å². The molecule has 0 aromatic rings. The number of alkyl halides is 2. The molecule has 0 aliphatic heterocycles. The van der Waals surface area contributed by atoms with Crippen LogP contribution in [-0.2, 0) is 9.47 Å². The molecule has 92 valence electrons. The zero-order chi connectivity index (χ0) is 12.4. The van der Waals surface area contributed by atoms with Crippen molar-refractivity contribution < 1.29 is 9.47 Å². The van der Waals surface area contributed by atoms with Gasteiger partial charge in [-0.05, 0) is 39.8 Å². The van der Waals surface area contributed by atoms with Gasteiger partial charge in [0.15, 0.2) is 0 Å². The first-order valence-electron chi connectivity index (χ1n) is 5.39. The number of allylic oxidation sites excluding steroid dienone is 2. The zero-order valence-electron chi connectivity index (χ0n) is 10.0. The second-order valence-electron chi connectivity index (χ2n) is 4.40. The molecule has 1 aliphatic carbocycles. The summed E-state index contributed by atoms with van der Waals surface area (Å²) in [5.74, 6) is -0.743. The molecule has 1 aliphatic rings. The molecule has 1 rings (SSSR count). The molecule has 16 heavy (non-hydrogen) atoms. The summed E-state index contributed by atoms with van der Waals surface area (Å²) in [6.07, 6.45) is 8.00. The van der Waals surface area contributed by atoms with E-state index in [1.54, 1.807) is 0 Å². The SMILES string of the molecule is CC(C)OC1(OC(C)C)C=CC(Br)(Br)C=C1. The van der Waals surface area contributed by atoms with E-state index in [4.69, 9.17) is 9.47 Å². The topological polar surface area (TPSA) is 18.5 Å². The monoisotopic (exact) mass is 352 g/mol. The van der Waals surface area contributed by atoms with E-state index in [0.29, 0.717) is 0 Å². The lowest BCUT2D eigenvalue weighted by Crippen LogP contribution is -2.39. The molecule has 0 saturated carbocycles. The number of hydrogen-bond acceptors (Lipinski definition) is 2. The Morgan fingerprint density at radius 3 is 1.50 bits per heavy atom. The summed E-state index contributed by atoms with van der Waals surface area (Å²) in [6.45, 7) is 7.99. The smallest absolute Gasteiger partial charge is 0.208 e.